The summed E-state index contributed by atoms with van der Waals surface area (Å²) in [7, 11) is 0. The molecule has 124 valence electrons. The average molecular weight is 363 g/mol. The quantitative estimate of drug-likeness (QED) is 0.757. The van der Waals surface area contributed by atoms with E-state index in [0.717, 1.165) is 31.0 Å². The maximum atomic E-state index is 12.1. The number of hydrogen-bond donors (Lipinski definition) is 2. The molecule has 0 radical (unpaired) electrons. The third kappa shape index (κ3) is 6.37. The van der Waals surface area contributed by atoms with E-state index in [1.807, 2.05) is 31.2 Å². The topological polar surface area (TPSA) is 41.1 Å². The molecule has 0 spiro atoms. The van der Waals surface area contributed by atoms with Gasteiger partial charge in [-0.2, -0.15) is 0 Å². The van der Waals surface area contributed by atoms with E-state index in [4.69, 9.17) is 11.6 Å². The Hall–Kier alpha value is -0.420. The van der Waals surface area contributed by atoms with E-state index in [9.17, 15) is 4.79 Å². The molecule has 2 N–H and O–H groups in total. The fourth-order valence-electron chi connectivity index (χ4n) is 2.50. The molecule has 0 saturated carbocycles. The highest BCUT2D eigenvalue weighted by Crippen LogP contribution is 2.29. The van der Waals surface area contributed by atoms with Crippen molar-refractivity contribution in [3.05, 3.63) is 29.3 Å². The van der Waals surface area contributed by atoms with Crippen molar-refractivity contribution in [3.63, 3.8) is 0 Å². The van der Waals surface area contributed by atoms with Crippen LogP contribution in [0.1, 0.15) is 26.2 Å². The zero-order chi connectivity index (χ0) is 15.1. The molecule has 22 heavy (non-hydrogen) atoms. The molecule has 3 nitrogen and oxygen atoms in total. The van der Waals surface area contributed by atoms with E-state index < -0.39 is 0 Å². The van der Waals surface area contributed by atoms with Gasteiger partial charge in [0.15, 0.2) is 0 Å². The lowest BCUT2D eigenvalue weighted by Gasteiger charge is -2.23. The molecule has 2 rings (SSSR count). The van der Waals surface area contributed by atoms with Crippen molar-refractivity contribution in [2.75, 3.05) is 19.6 Å². The third-order valence-corrected chi connectivity index (χ3v) is 5.38. The number of halogens is 2. The van der Waals surface area contributed by atoms with Crippen LogP contribution >= 0.6 is 35.8 Å². The summed E-state index contributed by atoms with van der Waals surface area (Å²) in [5, 5.41) is 7.02. The molecule has 6 heteroatoms. The first-order valence-electron chi connectivity index (χ1n) is 7.56. The Morgan fingerprint density at radius 3 is 2.95 bits per heavy atom. The lowest BCUT2D eigenvalue weighted by atomic mass is 9.96. The molecule has 1 aromatic rings. The molecule has 1 fully saturated rings. The summed E-state index contributed by atoms with van der Waals surface area (Å²) < 4.78 is 0. The van der Waals surface area contributed by atoms with Gasteiger partial charge in [-0.05, 0) is 57.3 Å². The zero-order valence-electron chi connectivity index (χ0n) is 12.8. The number of hydrogen-bond acceptors (Lipinski definition) is 3. The standard InChI is InChI=1S/C16H23ClN2OS.ClH/c1-12(21-15-7-3-2-6-14(15)17)16(20)19-10-8-13-5-4-9-18-11-13;/h2-3,6-7,12-13,18H,4-5,8-11H2,1H3,(H,19,20);1H. The van der Waals surface area contributed by atoms with Gasteiger partial charge in [-0.3, -0.25) is 4.79 Å². The Labute approximate surface area is 148 Å². The highest BCUT2D eigenvalue weighted by Gasteiger charge is 2.17. The summed E-state index contributed by atoms with van der Waals surface area (Å²) in [4.78, 5) is 13.1. The van der Waals surface area contributed by atoms with E-state index in [0.29, 0.717) is 10.9 Å². The molecule has 2 unspecified atom stereocenters. The lowest BCUT2D eigenvalue weighted by Crippen LogP contribution is -2.35. The number of nitrogens with one attached hydrogen (secondary N) is 2. The van der Waals surface area contributed by atoms with Crippen LogP contribution in [0.25, 0.3) is 0 Å². The molecule has 1 saturated heterocycles. The normalized spacial score (nSPS) is 19.1. The summed E-state index contributed by atoms with van der Waals surface area (Å²) in [6.45, 7) is 4.90. The second kappa shape index (κ2) is 10.4. The van der Waals surface area contributed by atoms with Crippen molar-refractivity contribution in [1.82, 2.24) is 10.6 Å². The summed E-state index contributed by atoms with van der Waals surface area (Å²) in [6.07, 6.45) is 3.58. The van der Waals surface area contributed by atoms with Crippen molar-refractivity contribution in [2.24, 2.45) is 5.92 Å². The van der Waals surface area contributed by atoms with Crippen molar-refractivity contribution in [1.29, 1.82) is 0 Å². The van der Waals surface area contributed by atoms with Gasteiger partial charge in [0.05, 0.1) is 10.3 Å². The van der Waals surface area contributed by atoms with Gasteiger partial charge in [0, 0.05) is 11.4 Å². The Bertz CT molecular complexity index is 467. The van der Waals surface area contributed by atoms with Crippen LogP contribution in [0.2, 0.25) is 5.02 Å². The van der Waals surface area contributed by atoms with Crippen LogP contribution in [-0.4, -0.2) is 30.8 Å². The van der Waals surface area contributed by atoms with Gasteiger partial charge in [0.1, 0.15) is 0 Å². The molecular formula is C16H24Cl2N2OS. The van der Waals surface area contributed by atoms with Gasteiger partial charge in [-0.1, -0.05) is 23.7 Å². The highest BCUT2D eigenvalue weighted by atomic mass is 35.5. The number of carbonyl (C=O) groups excluding carboxylic acids is 1. The largest absolute Gasteiger partial charge is 0.355 e. The number of benzene rings is 1. The van der Waals surface area contributed by atoms with Gasteiger partial charge in [0.2, 0.25) is 5.91 Å². The molecule has 1 amide bonds. The van der Waals surface area contributed by atoms with Crippen molar-refractivity contribution < 1.29 is 4.79 Å². The fourth-order valence-corrected chi connectivity index (χ4v) is 3.68. The zero-order valence-corrected chi connectivity index (χ0v) is 15.2. The molecule has 1 heterocycles. The summed E-state index contributed by atoms with van der Waals surface area (Å²) >= 11 is 7.63. The molecule has 0 aliphatic carbocycles. The lowest BCUT2D eigenvalue weighted by molar-refractivity contribution is -0.120. The predicted octanol–water partition coefficient (Wildman–Crippen LogP) is 3.75. The van der Waals surface area contributed by atoms with E-state index in [2.05, 4.69) is 10.6 Å². The first kappa shape index (κ1) is 19.6. The van der Waals surface area contributed by atoms with E-state index in [1.54, 1.807) is 0 Å². The second-order valence-electron chi connectivity index (χ2n) is 5.48. The second-order valence-corrected chi connectivity index (χ2v) is 7.27. The highest BCUT2D eigenvalue weighted by molar-refractivity contribution is 8.00. The van der Waals surface area contributed by atoms with Gasteiger partial charge < -0.3 is 10.6 Å². The SMILES string of the molecule is CC(Sc1ccccc1Cl)C(=O)NCCC1CCCNC1.Cl. The maximum Gasteiger partial charge on any atom is 0.233 e. The Balaban J connectivity index is 0.00000242. The molecule has 1 aromatic carbocycles. The third-order valence-electron chi connectivity index (χ3n) is 3.76. The predicted molar refractivity (Wildman–Crippen MR) is 97.2 cm³/mol. The monoisotopic (exact) mass is 362 g/mol. The van der Waals surface area contributed by atoms with Crippen molar-refractivity contribution in [2.45, 2.75) is 36.3 Å². The number of piperidine rings is 1. The number of thioether (sulfide) groups is 1. The summed E-state index contributed by atoms with van der Waals surface area (Å²) in [5.74, 6) is 0.786. The summed E-state index contributed by atoms with van der Waals surface area (Å²) in [5.41, 5.74) is 0. The molecular weight excluding hydrogens is 339 g/mol. The molecule has 0 aromatic heterocycles. The van der Waals surface area contributed by atoms with Gasteiger partial charge >= 0.3 is 0 Å². The van der Waals surface area contributed by atoms with Crippen LogP contribution in [0.4, 0.5) is 0 Å². The van der Waals surface area contributed by atoms with Crippen LogP contribution in [-0.2, 0) is 4.79 Å². The first-order chi connectivity index (χ1) is 10.2. The van der Waals surface area contributed by atoms with Gasteiger partial charge in [-0.25, -0.2) is 0 Å². The van der Waals surface area contributed by atoms with Crippen LogP contribution < -0.4 is 10.6 Å². The number of rotatable bonds is 6. The maximum absolute atomic E-state index is 12.1. The van der Waals surface area contributed by atoms with E-state index in [1.165, 1.54) is 24.6 Å². The Morgan fingerprint density at radius 1 is 1.50 bits per heavy atom. The minimum Gasteiger partial charge on any atom is -0.355 e. The minimum atomic E-state index is -0.130. The molecule has 1 aliphatic rings. The van der Waals surface area contributed by atoms with Crippen LogP contribution in [0.15, 0.2) is 29.2 Å². The minimum absolute atomic E-state index is 0. The first-order valence-corrected chi connectivity index (χ1v) is 8.82. The van der Waals surface area contributed by atoms with E-state index in [-0.39, 0.29) is 23.6 Å². The van der Waals surface area contributed by atoms with Crippen LogP contribution in [0, 0.1) is 5.92 Å². The fraction of sp³-hybridized carbons (Fsp3) is 0.562. The summed E-state index contributed by atoms with van der Waals surface area (Å²) in [6, 6.07) is 7.64. The van der Waals surface area contributed by atoms with Crippen molar-refractivity contribution >= 4 is 41.7 Å². The van der Waals surface area contributed by atoms with Crippen LogP contribution in [0.5, 0.6) is 0 Å². The molecule has 1 aliphatic heterocycles. The van der Waals surface area contributed by atoms with Crippen molar-refractivity contribution in [3.8, 4) is 0 Å². The van der Waals surface area contributed by atoms with E-state index >= 15 is 0 Å². The number of carbonyl (C=O) groups is 1. The molecule has 2 atom stereocenters. The van der Waals surface area contributed by atoms with Gasteiger partial charge in [0.25, 0.3) is 0 Å². The Kier molecular flexibility index (Phi) is 9.25. The smallest absolute Gasteiger partial charge is 0.233 e. The van der Waals surface area contributed by atoms with Gasteiger partial charge in [-0.15, -0.1) is 24.2 Å². The number of amides is 1. The average Bonchev–Trinajstić information content (AvgIpc) is 2.50. The van der Waals surface area contributed by atoms with Crippen LogP contribution in [0.3, 0.4) is 0 Å². The Morgan fingerprint density at radius 2 is 2.27 bits per heavy atom. The molecule has 0 bridgehead atoms.